The first-order chi connectivity index (χ1) is 13.9. The molecule has 0 saturated carbocycles. The number of hydrazine groups is 1. The number of fused-ring (bicyclic) bond motifs is 1. The third-order valence-electron chi connectivity index (χ3n) is 5.08. The van der Waals surface area contributed by atoms with Crippen molar-refractivity contribution >= 4 is 28.6 Å². The van der Waals surface area contributed by atoms with Crippen LogP contribution in [0.2, 0.25) is 0 Å². The van der Waals surface area contributed by atoms with Crippen LogP contribution in [-0.4, -0.2) is 30.0 Å². The summed E-state index contributed by atoms with van der Waals surface area (Å²) in [6.07, 6.45) is 0. The minimum Gasteiger partial charge on any atom is -0.497 e. The topological polar surface area (TPSA) is 87.7 Å². The fourth-order valence-electron chi connectivity index (χ4n) is 3.36. The summed E-state index contributed by atoms with van der Waals surface area (Å²) >= 11 is 0. The van der Waals surface area contributed by atoms with Crippen LogP contribution in [0.5, 0.6) is 5.75 Å². The molecule has 1 heterocycles. The summed E-state index contributed by atoms with van der Waals surface area (Å²) in [7, 11) is 1.54. The van der Waals surface area contributed by atoms with Gasteiger partial charge in [0.15, 0.2) is 0 Å². The molecule has 3 aromatic rings. The monoisotopic (exact) mass is 389 g/mol. The van der Waals surface area contributed by atoms with Crippen molar-refractivity contribution in [2.24, 2.45) is 0 Å². The molecule has 1 atom stereocenters. The first kappa shape index (κ1) is 18.5. The molecule has 0 aromatic heterocycles. The lowest BCUT2D eigenvalue weighted by Crippen LogP contribution is -2.47. The fraction of sp³-hybridized carbons (Fsp3) is 0.136. The molecule has 7 heteroatoms. The number of hydrogen-bond donors (Lipinski definition) is 2. The number of imide groups is 1. The normalized spacial score (nSPS) is 18.6. The van der Waals surface area contributed by atoms with E-state index in [4.69, 9.17) is 4.74 Å². The van der Waals surface area contributed by atoms with E-state index in [1.165, 1.54) is 0 Å². The van der Waals surface area contributed by atoms with Crippen LogP contribution < -0.4 is 15.5 Å². The summed E-state index contributed by atoms with van der Waals surface area (Å²) in [6, 6.07) is 18.9. The molecule has 0 unspecified atom stereocenters. The van der Waals surface area contributed by atoms with Crippen LogP contribution in [0, 0.1) is 0 Å². The van der Waals surface area contributed by atoms with Crippen LogP contribution >= 0.6 is 0 Å². The summed E-state index contributed by atoms with van der Waals surface area (Å²) in [5, 5.41) is 5.26. The highest BCUT2D eigenvalue weighted by molar-refractivity contribution is 6.09. The smallest absolute Gasteiger partial charge is 0.344 e. The molecule has 29 heavy (non-hydrogen) atoms. The van der Waals surface area contributed by atoms with Crippen molar-refractivity contribution in [2.75, 3.05) is 7.11 Å². The van der Waals surface area contributed by atoms with E-state index in [-0.39, 0.29) is 0 Å². The van der Waals surface area contributed by atoms with E-state index in [0.717, 1.165) is 15.8 Å². The standard InChI is InChI=1S/C22H19N3O4/c1-22(17-9-11-18(29-2)12-10-17)20(27)25(21(28)23-22)24-19(26)16-8-7-14-5-3-4-6-15(14)13-16/h3-13H,1-2H3,(H,23,28)(H,24,26)/t22-/m1/s1. The van der Waals surface area contributed by atoms with Gasteiger partial charge in [-0.25, -0.2) is 4.79 Å². The van der Waals surface area contributed by atoms with E-state index in [9.17, 15) is 14.4 Å². The number of nitrogens with one attached hydrogen (secondary N) is 2. The zero-order chi connectivity index (χ0) is 20.6. The highest BCUT2D eigenvalue weighted by Crippen LogP contribution is 2.29. The number of amides is 4. The van der Waals surface area contributed by atoms with Crippen LogP contribution in [-0.2, 0) is 10.3 Å². The van der Waals surface area contributed by atoms with Gasteiger partial charge in [0, 0.05) is 5.56 Å². The Morgan fingerprint density at radius 2 is 1.69 bits per heavy atom. The molecule has 2 N–H and O–H groups in total. The van der Waals surface area contributed by atoms with Crippen LogP contribution in [0.3, 0.4) is 0 Å². The maximum Gasteiger partial charge on any atom is 0.344 e. The Kier molecular flexibility index (Phi) is 4.43. The number of rotatable bonds is 4. The predicted molar refractivity (Wildman–Crippen MR) is 107 cm³/mol. The van der Waals surface area contributed by atoms with Gasteiger partial charge in [-0.15, -0.1) is 0 Å². The number of methoxy groups -OCH3 is 1. The predicted octanol–water partition coefficient (Wildman–Crippen LogP) is 2.96. The highest BCUT2D eigenvalue weighted by atomic mass is 16.5. The van der Waals surface area contributed by atoms with Gasteiger partial charge >= 0.3 is 6.03 Å². The molecule has 7 nitrogen and oxygen atoms in total. The van der Waals surface area contributed by atoms with Gasteiger partial charge in [-0.05, 0) is 47.5 Å². The van der Waals surface area contributed by atoms with Gasteiger partial charge in [-0.2, -0.15) is 5.01 Å². The molecule has 0 bridgehead atoms. The molecule has 3 aromatic carbocycles. The quantitative estimate of drug-likeness (QED) is 0.672. The largest absolute Gasteiger partial charge is 0.497 e. The summed E-state index contributed by atoms with van der Waals surface area (Å²) < 4.78 is 5.13. The van der Waals surface area contributed by atoms with Crippen LogP contribution in [0.25, 0.3) is 10.8 Å². The van der Waals surface area contributed by atoms with Crippen molar-refractivity contribution in [1.82, 2.24) is 15.8 Å². The lowest BCUT2D eigenvalue weighted by atomic mass is 9.92. The number of nitrogens with zero attached hydrogens (tertiary/aromatic N) is 1. The molecule has 1 fully saturated rings. The van der Waals surface area contributed by atoms with E-state index in [0.29, 0.717) is 16.9 Å². The Hall–Kier alpha value is -3.87. The maximum atomic E-state index is 13.0. The molecule has 1 saturated heterocycles. The van der Waals surface area contributed by atoms with Crippen molar-refractivity contribution in [3.63, 3.8) is 0 Å². The third kappa shape index (κ3) is 3.16. The van der Waals surface area contributed by atoms with Gasteiger partial charge in [0.05, 0.1) is 7.11 Å². The molecule has 1 aliphatic heterocycles. The average molecular weight is 389 g/mol. The number of ether oxygens (including phenoxy) is 1. The Morgan fingerprint density at radius 1 is 1.00 bits per heavy atom. The summed E-state index contributed by atoms with van der Waals surface area (Å²) in [4.78, 5) is 38.1. The van der Waals surface area contributed by atoms with Gasteiger partial charge in [0.1, 0.15) is 11.3 Å². The van der Waals surface area contributed by atoms with Crippen molar-refractivity contribution < 1.29 is 19.1 Å². The molecule has 146 valence electrons. The molecule has 0 spiro atoms. The van der Waals surface area contributed by atoms with Gasteiger partial charge in [-0.1, -0.05) is 42.5 Å². The molecule has 0 aliphatic carbocycles. The number of carbonyl (C=O) groups is 3. The van der Waals surface area contributed by atoms with E-state index < -0.39 is 23.4 Å². The van der Waals surface area contributed by atoms with E-state index in [1.54, 1.807) is 50.4 Å². The number of benzene rings is 3. The molecule has 4 rings (SSSR count). The molecular formula is C22H19N3O4. The second-order valence-corrected chi connectivity index (χ2v) is 6.93. The summed E-state index contributed by atoms with van der Waals surface area (Å²) in [5.74, 6) is -0.476. The first-order valence-corrected chi connectivity index (χ1v) is 9.03. The van der Waals surface area contributed by atoms with E-state index in [1.807, 2.05) is 30.3 Å². The molecule has 0 radical (unpaired) electrons. The Labute approximate surface area is 167 Å². The van der Waals surface area contributed by atoms with Gasteiger partial charge in [0.2, 0.25) is 0 Å². The average Bonchev–Trinajstić information content (AvgIpc) is 2.97. The van der Waals surface area contributed by atoms with Crippen molar-refractivity contribution in [3.05, 3.63) is 77.9 Å². The van der Waals surface area contributed by atoms with Crippen LogP contribution in [0.1, 0.15) is 22.8 Å². The van der Waals surface area contributed by atoms with Gasteiger partial charge < -0.3 is 10.1 Å². The van der Waals surface area contributed by atoms with E-state index >= 15 is 0 Å². The van der Waals surface area contributed by atoms with Crippen molar-refractivity contribution in [3.8, 4) is 5.75 Å². The number of carbonyl (C=O) groups excluding carboxylic acids is 3. The summed E-state index contributed by atoms with van der Waals surface area (Å²) in [5.41, 5.74) is 2.06. The lowest BCUT2D eigenvalue weighted by Gasteiger charge is -2.22. The SMILES string of the molecule is COc1ccc([C@@]2(C)NC(=O)N(NC(=O)c3ccc4ccccc4c3)C2=O)cc1. The lowest BCUT2D eigenvalue weighted by molar-refractivity contribution is -0.132. The Balaban J connectivity index is 1.57. The Bertz CT molecular complexity index is 1130. The highest BCUT2D eigenvalue weighted by Gasteiger charge is 2.50. The van der Waals surface area contributed by atoms with Crippen LogP contribution in [0.15, 0.2) is 66.7 Å². The minimum atomic E-state index is -1.29. The van der Waals surface area contributed by atoms with Gasteiger partial charge in [-0.3, -0.25) is 15.0 Å². The third-order valence-corrected chi connectivity index (χ3v) is 5.08. The van der Waals surface area contributed by atoms with E-state index in [2.05, 4.69) is 10.7 Å². The van der Waals surface area contributed by atoms with Crippen molar-refractivity contribution in [2.45, 2.75) is 12.5 Å². The molecule has 4 amide bonds. The molecule has 1 aliphatic rings. The maximum absolute atomic E-state index is 13.0. The number of hydrogen-bond acceptors (Lipinski definition) is 4. The fourth-order valence-corrected chi connectivity index (χ4v) is 3.36. The van der Waals surface area contributed by atoms with Crippen molar-refractivity contribution in [1.29, 1.82) is 0 Å². The second-order valence-electron chi connectivity index (χ2n) is 6.93. The molecular weight excluding hydrogens is 370 g/mol. The zero-order valence-corrected chi connectivity index (χ0v) is 15.9. The van der Waals surface area contributed by atoms with Crippen LogP contribution in [0.4, 0.5) is 4.79 Å². The zero-order valence-electron chi connectivity index (χ0n) is 15.9. The Morgan fingerprint density at radius 3 is 2.38 bits per heavy atom. The number of urea groups is 1. The van der Waals surface area contributed by atoms with Gasteiger partial charge in [0.25, 0.3) is 11.8 Å². The second kappa shape index (κ2) is 6.94. The minimum absolute atomic E-state index is 0.349. The summed E-state index contributed by atoms with van der Waals surface area (Å²) in [6.45, 7) is 1.59. The first-order valence-electron chi connectivity index (χ1n) is 9.03.